The van der Waals surface area contributed by atoms with Crippen molar-refractivity contribution in [3.8, 4) is 0 Å². The molecule has 1 unspecified atom stereocenters. The van der Waals surface area contributed by atoms with Crippen LogP contribution in [0.25, 0.3) is 0 Å². The van der Waals surface area contributed by atoms with Crippen LogP contribution in [0, 0.1) is 0 Å². The molecule has 1 amide bonds. The highest BCUT2D eigenvalue weighted by molar-refractivity contribution is 7.17. The van der Waals surface area contributed by atoms with Crippen LogP contribution >= 0.6 is 22.9 Å². The molecule has 1 N–H and O–H groups in total. The highest BCUT2D eigenvalue weighted by Crippen LogP contribution is 2.30. The summed E-state index contributed by atoms with van der Waals surface area (Å²) in [5.41, 5.74) is 0. The Morgan fingerprint density at radius 1 is 1.55 bits per heavy atom. The lowest BCUT2D eigenvalue weighted by Crippen LogP contribution is -2.54. The molecule has 3 rings (SSSR count). The number of anilines is 1. The van der Waals surface area contributed by atoms with Gasteiger partial charge in [-0.2, -0.15) is 0 Å². The third kappa shape index (κ3) is 2.79. The second kappa shape index (κ2) is 5.67. The highest BCUT2D eigenvalue weighted by Gasteiger charge is 2.34. The monoisotopic (exact) mass is 315 g/mol. The normalized spacial score (nSPS) is 22.6. The number of halogens is 1. The van der Waals surface area contributed by atoms with E-state index in [1.807, 2.05) is 4.90 Å². The first kappa shape index (κ1) is 13.8. The fourth-order valence-corrected chi connectivity index (χ4v) is 3.21. The van der Waals surface area contributed by atoms with Crippen molar-refractivity contribution in [2.24, 2.45) is 0 Å². The number of morpholine rings is 1. The van der Waals surface area contributed by atoms with E-state index in [0.717, 1.165) is 12.8 Å². The SMILES string of the molecule is O=Cc1sc(N2CCOCC2C(=O)NC2CC2)nc1Cl. The number of carbonyl (C=O) groups excluding carboxylic acids is 2. The molecule has 2 aliphatic rings. The smallest absolute Gasteiger partial charge is 0.245 e. The summed E-state index contributed by atoms with van der Waals surface area (Å²) < 4.78 is 5.39. The van der Waals surface area contributed by atoms with Crippen molar-refractivity contribution < 1.29 is 14.3 Å². The van der Waals surface area contributed by atoms with E-state index in [4.69, 9.17) is 16.3 Å². The summed E-state index contributed by atoms with van der Waals surface area (Å²) in [6.45, 7) is 1.41. The molecule has 0 bridgehead atoms. The van der Waals surface area contributed by atoms with Crippen LogP contribution in [0.5, 0.6) is 0 Å². The van der Waals surface area contributed by atoms with Crippen LogP contribution < -0.4 is 10.2 Å². The van der Waals surface area contributed by atoms with E-state index in [2.05, 4.69) is 10.3 Å². The molecule has 0 radical (unpaired) electrons. The van der Waals surface area contributed by atoms with Crippen molar-refractivity contribution in [1.82, 2.24) is 10.3 Å². The molecule has 0 aromatic carbocycles. The number of amides is 1. The molecule has 1 aromatic heterocycles. The molecular formula is C12H14ClN3O3S. The van der Waals surface area contributed by atoms with Crippen molar-refractivity contribution in [1.29, 1.82) is 0 Å². The van der Waals surface area contributed by atoms with Crippen molar-refractivity contribution >= 4 is 40.3 Å². The minimum atomic E-state index is -0.411. The summed E-state index contributed by atoms with van der Waals surface area (Å²) in [5.74, 6) is -0.0498. The van der Waals surface area contributed by atoms with Crippen LogP contribution in [0.1, 0.15) is 22.5 Å². The number of ether oxygens (including phenoxy) is 1. The molecule has 1 atom stereocenters. The Hall–Kier alpha value is -1.18. The molecule has 2 fully saturated rings. The molecule has 1 saturated heterocycles. The number of rotatable bonds is 4. The number of carbonyl (C=O) groups is 2. The van der Waals surface area contributed by atoms with E-state index in [1.165, 1.54) is 11.3 Å². The van der Waals surface area contributed by atoms with E-state index in [9.17, 15) is 9.59 Å². The van der Waals surface area contributed by atoms with Crippen LogP contribution in [-0.2, 0) is 9.53 Å². The van der Waals surface area contributed by atoms with Crippen LogP contribution in [0.15, 0.2) is 0 Å². The Morgan fingerprint density at radius 3 is 3.00 bits per heavy atom. The Labute approximate surface area is 125 Å². The molecule has 1 saturated carbocycles. The second-order valence-corrected chi connectivity index (χ2v) is 6.20. The fourth-order valence-electron chi connectivity index (χ4n) is 2.07. The number of nitrogens with zero attached hydrogens (tertiary/aromatic N) is 2. The van der Waals surface area contributed by atoms with Gasteiger partial charge in [-0.05, 0) is 12.8 Å². The first-order valence-corrected chi connectivity index (χ1v) is 7.64. The topological polar surface area (TPSA) is 71.5 Å². The van der Waals surface area contributed by atoms with Crippen molar-refractivity contribution in [3.63, 3.8) is 0 Å². The van der Waals surface area contributed by atoms with Gasteiger partial charge in [0.1, 0.15) is 10.9 Å². The van der Waals surface area contributed by atoms with Gasteiger partial charge >= 0.3 is 0 Å². The fraction of sp³-hybridized carbons (Fsp3) is 0.583. The van der Waals surface area contributed by atoms with Gasteiger partial charge in [-0.1, -0.05) is 22.9 Å². The number of hydrogen-bond donors (Lipinski definition) is 1. The summed E-state index contributed by atoms with van der Waals surface area (Å²) in [6.07, 6.45) is 2.76. The number of aldehydes is 1. The molecule has 0 spiro atoms. The predicted octanol–water partition coefficient (Wildman–Crippen LogP) is 1.09. The van der Waals surface area contributed by atoms with Gasteiger partial charge in [-0.3, -0.25) is 9.59 Å². The molecular weight excluding hydrogens is 302 g/mol. The number of hydrogen-bond acceptors (Lipinski definition) is 6. The zero-order chi connectivity index (χ0) is 14.1. The van der Waals surface area contributed by atoms with E-state index in [-0.39, 0.29) is 11.1 Å². The zero-order valence-electron chi connectivity index (χ0n) is 10.7. The molecule has 2 heterocycles. The van der Waals surface area contributed by atoms with Gasteiger partial charge < -0.3 is 15.0 Å². The maximum atomic E-state index is 12.2. The maximum Gasteiger partial charge on any atom is 0.245 e. The van der Waals surface area contributed by atoms with Gasteiger partial charge in [-0.25, -0.2) is 4.98 Å². The quantitative estimate of drug-likeness (QED) is 0.842. The van der Waals surface area contributed by atoms with Crippen LogP contribution in [0.2, 0.25) is 5.15 Å². The summed E-state index contributed by atoms with van der Waals surface area (Å²) in [7, 11) is 0. The van der Waals surface area contributed by atoms with Gasteiger partial charge in [0.25, 0.3) is 0 Å². The van der Waals surface area contributed by atoms with Gasteiger partial charge in [0.05, 0.1) is 13.2 Å². The third-order valence-electron chi connectivity index (χ3n) is 3.31. The lowest BCUT2D eigenvalue weighted by Gasteiger charge is -2.34. The van der Waals surface area contributed by atoms with Gasteiger partial charge in [0.15, 0.2) is 16.6 Å². The Morgan fingerprint density at radius 2 is 2.35 bits per heavy atom. The minimum Gasteiger partial charge on any atom is -0.377 e. The molecule has 20 heavy (non-hydrogen) atoms. The van der Waals surface area contributed by atoms with Gasteiger partial charge in [-0.15, -0.1) is 0 Å². The van der Waals surface area contributed by atoms with Crippen LogP contribution in [0.4, 0.5) is 5.13 Å². The van der Waals surface area contributed by atoms with Crippen molar-refractivity contribution in [2.75, 3.05) is 24.7 Å². The maximum absolute atomic E-state index is 12.2. The molecule has 1 aromatic rings. The standard InChI is InChI=1S/C12H14ClN3O3S/c13-10-9(5-17)20-12(15-10)16-3-4-19-6-8(16)11(18)14-7-1-2-7/h5,7-8H,1-4,6H2,(H,14,18). The lowest BCUT2D eigenvalue weighted by molar-refractivity contribution is -0.124. The number of aromatic nitrogens is 1. The average Bonchev–Trinajstić information content (AvgIpc) is 3.19. The van der Waals surface area contributed by atoms with E-state index in [1.54, 1.807) is 0 Å². The first-order chi connectivity index (χ1) is 9.69. The molecule has 1 aliphatic heterocycles. The minimum absolute atomic E-state index is 0.0498. The zero-order valence-corrected chi connectivity index (χ0v) is 12.2. The van der Waals surface area contributed by atoms with Crippen molar-refractivity contribution in [3.05, 3.63) is 10.0 Å². The van der Waals surface area contributed by atoms with Crippen LogP contribution in [0.3, 0.4) is 0 Å². The van der Waals surface area contributed by atoms with Gasteiger partial charge in [0, 0.05) is 12.6 Å². The van der Waals surface area contributed by atoms with E-state index < -0.39 is 6.04 Å². The summed E-state index contributed by atoms with van der Waals surface area (Å²) in [6, 6.07) is -0.109. The van der Waals surface area contributed by atoms with E-state index in [0.29, 0.717) is 42.1 Å². The summed E-state index contributed by atoms with van der Waals surface area (Å²) >= 11 is 7.10. The average molecular weight is 316 g/mol. The summed E-state index contributed by atoms with van der Waals surface area (Å²) in [5, 5.41) is 3.75. The highest BCUT2D eigenvalue weighted by atomic mass is 35.5. The largest absolute Gasteiger partial charge is 0.377 e. The summed E-state index contributed by atoms with van der Waals surface area (Å²) in [4.78, 5) is 29.5. The van der Waals surface area contributed by atoms with Crippen LogP contribution in [-0.4, -0.2) is 49.0 Å². The van der Waals surface area contributed by atoms with Crippen molar-refractivity contribution in [2.45, 2.75) is 24.9 Å². The predicted molar refractivity (Wildman–Crippen MR) is 75.6 cm³/mol. The molecule has 8 heteroatoms. The van der Waals surface area contributed by atoms with Gasteiger partial charge in [0.2, 0.25) is 5.91 Å². The number of thiazole rings is 1. The second-order valence-electron chi connectivity index (χ2n) is 4.84. The number of nitrogens with one attached hydrogen (secondary N) is 1. The Bertz CT molecular complexity index is 532. The first-order valence-electron chi connectivity index (χ1n) is 6.45. The molecule has 108 valence electrons. The Kier molecular flexibility index (Phi) is 3.91. The third-order valence-corrected chi connectivity index (χ3v) is 4.72. The van der Waals surface area contributed by atoms with E-state index >= 15 is 0 Å². The molecule has 6 nitrogen and oxygen atoms in total. The molecule has 1 aliphatic carbocycles. The lowest BCUT2D eigenvalue weighted by atomic mass is 10.2. The Balaban J connectivity index is 1.79.